The van der Waals surface area contributed by atoms with Gasteiger partial charge >= 0.3 is 0 Å². The van der Waals surface area contributed by atoms with Crippen molar-refractivity contribution in [1.82, 2.24) is 4.90 Å². The molecule has 0 unspecified atom stereocenters. The Balaban J connectivity index is 1.32. The van der Waals surface area contributed by atoms with E-state index in [1.54, 1.807) is 13.2 Å². The molecule has 1 fully saturated rings. The van der Waals surface area contributed by atoms with Crippen molar-refractivity contribution < 1.29 is 14.3 Å². The first kappa shape index (κ1) is 20.5. The van der Waals surface area contributed by atoms with Crippen LogP contribution in [-0.2, 0) is 0 Å². The van der Waals surface area contributed by atoms with Gasteiger partial charge in [0, 0.05) is 31.5 Å². The van der Waals surface area contributed by atoms with E-state index in [1.165, 1.54) is 0 Å². The Morgan fingerprint density at radius 3 is 2.19 bits per heavy atom. The molecule has 1 aliphatic rings. The SMILES string of the molecule is COc1cccc(C(=O)N2CCC(Oc3ccc(-c4ccc(C#N)cc4)cc3)CC2)c1. The van der Waals surface area contributed by atoms with Crippen molar-refractivity contribution in [2.24, 2.45) is 0 Å². The molecule has 0 aromatic heterocycles. The lowest BCUT2D eigenvalue weighted by Crippen LogP contribution is -2.41. The summed E-state index contributed by atoms with van der Waals surface area (Å²) in [5.74, 6) is 1.55. The Hall–Kier alpha value is -3.78. The minimum Gasteiger partial charge on any atom is -0.497 e. The highest BCUT2D eigenvalue weighted by atomic mass is 16.5. The van der Waals surface area contributed by atoms with Gasteiger partial charge in [-0.3, -0.25) is 4.79 Å². The van der Waals surface area contributed by atoms with E-state index in [0.29, 0.717) is 30.0 Å². The summed E-state index contributed by atoms with van der Waals surface area (Å²) >= 11 is 0. The zero-order chi connectivity index (χ0) is 21.6. The summed E-state index contributed by atoms with van der Waals surface area (Å²) in [4.78, 5) is 14.6. The molecule has 1 aliphatic heterocycles. The number of amides is 1. The fraction of sp³-hybridized carbons (Fsp3) is 0.231. The van der Waals surface area contributed by atoms with Crippen molar-refractivity contribution in [1.29, 1.82) is 5.26 Å². The normalized spacial score (nSPS) is 14.0. The Kier molecular flexibility index (Phi) is 6.18. The molecular weight excluding hydrogens is 388 g/mol. The smallest absolute Gasteiger partial charge is 0.253 e. The van der Waals surface area contributed by atoms with Crippen LogP contribution >= 0.6 is 0 Å². The zero-order valence-corrected chi connectivity index (χ0v) is 17.5. The number of nitriles is 1. The van der Waals surface area contributed by atoms with Crippen LogP contribution in [0.4, 0.5) is 0 Å². The highest BCUT2D eigenvalue weighted by Gasteiger charge is 2.25. The highest BCUT2D eigenvalue weighted by Crippen LogP contribution is 2.25. The molecule has 5 nitrogen and oxygen atoms in total. The van der Waals surface area contributed by atoms with Crippen LogP contribution in [0, 0.1) is 11.3 Å². The average Bonchev–Trinajstić information content (AvgIpc) is 2.84. The average molecular weight is 412 g/mol. The van der Waals surface area contributed by atoms with Crippen LogP contribution in [0.5, 0.6) is 11.5 Å². The van der Waals surface area contributed by atoms with Gasteiger partial charge in [0.1, 0.15) is 17.6 Å². The predicted octanol–water partition coefficient (Wildman–Crippen LogP) is 4.92. The molecule has 0 radical (unpaired) electrons. The first-order valence-corrected chi connectivity index (χ1v) is 10.4. The molecule has 0 bridgehead atoms. The molecule has 1 amide bonds. The molecule has 5 heteroatoms. The van der Waals surface area contributed by atoms with Crippen molar-refractivity contribution in [3.63, 3.8) is 0 Å². The zero-order valence-electron chi connectivity index (χ0n) is 17.5. The summed E-state index contributed by atoms with van der Waals surface area (Å²) in [6.07, 6.45) is 1.69. The number of ether oxygens (including phenoxy) is 2. The highest BCUT2D eigenvalue weighted by molar-refractivity contribution is 5.94. The maximum Gasteiger partial charge on any atom is 0.253 e. The van der Waals surface area contributed by atoms with Crippen LogP contribution in [0.1, 0.15) is 28.8 Å². The van der Waals surface area contributed by atoms with Crippen LogP contribution in [0.25, 0.3) is 11.1 Å². The lowest BCUT2D eigenvalue weighted by Gasteiger charge is -2.32. The minimum absolute atomic E-state index is 0.0316. The first-order valence-electron chi connectivity index (χ1n) is 10.4. The number of carbonyl (C=O) groups is 1. The molecular formula is C26H24N2O3. The van der Waals surface area contributed by atoms with Gasteiger partial charge in [-0.1, -0.05) is 30.3 Å². The maximum atomic E-state index is 12.8. The van der Waals surface area contributed by atoms with Crippen molar-refractivity contribution in [2.45, 2.75) is 18.9 Å². The van der Waals surface area contributed by atoms with Gasteiger partial charge in [0.15, 0.2) is 0 Å². The summed E-state index contributed by atoms with van der Waals surface area (Å²) in [5.41, 5.74) is 3.45. The van der Waals surface area contributed by atoms with E-state index < -0.39 is 0 Å². The Morgan fingerprint density at radius 2 is 1.58 bits per heavy atom. The number of hydrogen-bond acceptors (Lipinski definition) is 4. The maximum absolute atomic E-state index is 12.8. The third-order valence-electron chi connectivity index (χ3n) is 5.55. The van der Waals surface area contributed by atoms with E-state index in [-0.39, 0.29) is 12.0 Å². The van der Waals surface area contributed by atoms with E-state index in [1.807, 2.05) is 71.6 Å². The third kappa shape index (κ3) is 4.87. The van der Waals surface area contributed by atoms with E-state index in [4.69, 9.17) is 14.7 Å². The number of piperidine rings is 1. The fourth-order valence-corrected chi connectivity index (χ4v) is 3.77. The number of benzene rings is 3. The van der Waals surface area contributed by atoms with E-state index >= 15 is 0 Å². The van der Waals surface area contributed by atoms with Gasteiger partial charge in [-0.25, -0.2) is 0 Å². The number of rotatable bonds is 5. The predicted molar refractivity (Wildman–Crippen MR) is 119 cm³/mol. The molecule has 156 valence electrons. The molecule has 31 heavy (non-hydrogen) atoms. The van der Waals surface area contributed by atoms with Gasteiger partial charge in [-0.15, -0.1) is 0 Å². The monoisotopic (exact) mass is 412 g/mol. The molecule has 0 saturated carbocycles. The van der Waals surface area contributed by atoms with Gasteiger partial charge in [-0.2, -0.15) is 5.26 Å². The summed E-state index contributed by atoms with van der Waals surface area (Å²) in [6.45, 7) is 1.34. The lowest BCUT2D eigenvalue weighted by molar-refractivity contribution is 0.0595. The van der Waals surface area contributed by atoms with E-state index in [2.05, 4.69) is 6.07 Å². The number of methoxy groups -OCH3 is 1. The van der Waals surface area contributed by atoms with Crippen molar-refractivity contribution in [2.75, 3.05) is 20.2 Å². The molecule has 0 aliphatic carbocycles. The fourth-order valence-electron chi connectivity index (χ4n) is 3.77. The summed E-state index contributed by atoms with van der Waals surface area (Å²) in [6, 6.07) is 24.9. The Morgan fingerprint density at radius 1 is 0.935 bits per heavy atom. The van der Waals surface area contributed by atoms with Gasteiger partial charge in [0.2, 0.25) is 0 Å². The third-order valence-corrected chi connectivity index (χ3v) is 5.55. The summed E-state index contributed by atoms with van der Waals surface area (Å²) < 4.78 is 11.4. The van der Waals surface area contributed by atoms with E-state index in [9.17, 15) is 4.79 Å². The van der Waals surface area contributed by atoms with Gasteiger partial charge in [0.25, 0.3) is 5.91 Å². The molecule has 3 aromatic carbocycles. The van der Waals surface area contributed by atoms with Crippen molar-refractivity contribution >= 4 is 5.91 Å². The second-order valence-corrected chi connectivity index (χ2v) is 7.55. The number of nitrogens with zero attached hydrogens (tertiary/aromatic N) is 2. The summed E-state index contributed by atoms with van der Waals surface area (Å²) in [5, 5.41) is 8.92. The van der Waals surface area contributed by atoms with Gasteiger partial charge in [0.05, 0.1) is 18.7 Å². The molecule has 0 N–H and O–H groups in total. The first-order chi connectivity index (χ1) is 15.2. The van der Waals surface area contributed by atoms with Crippen molar-refractivity contribution in [3.8, 4) is 28.7 Å². The Labute approximate surface area is 182 Å². The van der Waals surface area contributed by atoms with Crippen molar-refractivity contribution in [3.05, 3.63) is 83.9 Å². The van der Waals surface area contributed by atoms with Crippen LogP contribution in [-0.4, -0.2) is 37.1 Å². The Bertz CT molecular complexity index is 1080. The number of hydrogen-bond donors (Lipinski definition) is 0. The van der Waals surface area contributed by atoms with Gasteiger partial charge in [-0.05, 0) is 53.6 Å². The van der Waals surface area contributed by atoms with Gasteiger partial charge < -0.3 is 14.4 Å². The minimum atomic E-state index is 0.0316. The quantitative estimate of drug-likeness (QED) is 0.597. The van der Waals surface area contributed by atoms with E-state index in [0.717, 1.165) is 29.7 Å². The van der Waals surface area contributed by atoms with Crippen LogP contribution in [0.2, 0.25) is 0 Å². The lowest BCUT2D eigenvalue weighted by atomic mass is 10.0. The van der Waals surface area contributed by atoms with Crippen LogP contribution in [0.3, 0.4) is 0 Å². The second-order valence-electron chi connectivity index (χ2n) is 7.55. The standard InChI is InChI=1S/C26H24N2O3/c1-30-25-4-2-3-22(17-25)26(29)28-15-13-24(14-16-28)31-23-11-9-21(10-12-23)20-7-5-19(18-27)6-8-20/h2-12,17,24H,13-16H2,1H3. The van der Waals surface area contributed by atoms with Crippen LogP contribution < -0.4 is 9.47 Å². The van der Waals surface area contributed by atoms with Crippen LogP contribution in [0.15, 0.2) is 72.8 Å². The molecule has 4 rings (SSSR count). The summed E-state index contributed by atoms with van der Waals surface area (Å²) in [7, 11) is 1.60. The number of likely N-dealkylation sites (tertiary alicyclic amines) is 1. The largest absolute Gasteiger partial charge is 0.497 e. The molecule has 3 aromatic rings. The second kappa shape index (κ2) is 9.36. The topological polar surface area (TPSA) is 62.6 Å². The molecule has 1 saturated heterocycles. The molecule has 0 atom stereocenters. The number of carbonyl (C=O) groups excluding carboxylic acids is 1. The molecule has 0 spiro atoms. The molecule has 1 heterocycles.